The minimum atomic E-state index is -3.18. The molecule has 0 bridgehead atoms. The molecule has 6 heterocycles. The fraction of sp³-hybridized carbons (Fsp3) is 0.478. The molecular formula is C46H60ClFN12O7S3. The first-order valence-corrected chi connectivity index (χ1v) is 29.0. The molecule has 9 rings (SSSR count). The van der Waals surface area contributed by atoms with Gasteiger partial charge in [0.2, 0.25) is 30.1 Å². The van der Waals surface area contributed by atoms with Crippen LogP contribution in [0, 0.1) is 23.6 Å². The summed E-state index contributed by atoms with van der Waals surface area (Å²) in [6.07, 6.45) is 14.0. The Balaban J connectivity index is 0.000000155. The van der Waals surface area contributed by atoms with Gasteiger partial charge in [-0.15, -0.1) is 0 Å². The minimum Gasteiger partial charge on any atom is -0.497 e. The van der Waals surface area contributed by atoms with Gasteiger partial charge in [-0.25, -0.2) is 73.7 Å². The molecule has 3 aliphatic heterocycles. The van der Waals surface area contributed by atoms with E-state index in [0.717, 1.165) is 122 Å². The summed E-state index contributed by atoms with van der Waals surface area (Å²) in [7, 11) is -7.87. The maximum atomic E-state index is 13.3. The number of benzene rings is 3. The molecule has 0 radical (unpaired) electrons. The Labute approximate surface area is 414 Å². The first-order valence-electron chi connectivity index (χ1n) is 23.0. The number of hydrogen-bond donors (Lipinski definition) is 3. The van der Waals surface area contributed by atoms with Gasteiger partial charge in [0.25, 0.3) is 0 Å². The molecular weight excluding hydrogens is 983 g/mol. The van der Waals surface area contributed by atoms with E-state index < -0.39 is 30.1 Å². The lowest BCUT2D eigenvalue weighted by molar-refractivity contribution is 0.409. The van der Waals surface area contributed by atoms with Crippen molar-refractivity contribution in [3.8, 4) is 5.75 Å². The van der Waals surface area contributed by atoms with Crippen molar-refractivity contribution in [1.82, 2.24) is 44.1 Å². The van der Waals surface area contributed by atoms with E-state index in [1.165, 1.54) is 37.2 Å². The molecule has 3 aromatic heterocycles. The predicted molar refractivity (Wildman–Crippen MR) is 273 cm³/mol. The fourth-order valence-corrected chi connectivity index (χ4v) is 10.9. The summed E-state index contributed by atoms with van der Waals surface area (Å²) in [4.78, 5) is 32.5. The van der Waals surface area contributed by atoms with Crippen LogP contribution in [0.1, 0.15) is 38.5 Å². The number of nitrogens with one attached hydrogen (secondary N) is 3. The Kier molecular flexibility index (Phi) is 17.6. The summed E-state index contributed by atoms with van der Waals surface area (Å²) in [6, 6.07) is 15.9. The van der Waals surface area contributed by atoms with Gasteiger partial charge in [-0.2, -0.15) is 0 Å². The van der Waals surface area contributed by atoms with Crippen molar-refractivity contribution >= 4 is 91.8 Å². The van der Waals surface area contributed by atoms with Gasteiger partial charge in [0, 0.05) is 75.7 Å². The molecule has 70 heavy (non-hydrogen) atoms. The van der Waals surface area contributed by atoms with E-state index in [0.29, 0.717) is 36.7 Å². The second kappa shape index (κ2) is 23.4. The van der Waals surface area contributed by atoms with E-state index >= 15 is 0 Å². The van der Waals surface area contributed by atoms with Gasteiger partial charge < -0.3 is 19.4 Å². The second-order valence-corrected chi connectivity index (χ2v) is 23.9. The van der Waals surface area contributed by atoms with Crippen LogP contribution in [0.25, 0.3) is 32.7 Å². The highest BCUT2D eigenvalue weighted by atomic mass is 35.5. The van der Waals surface area contributed by atoms with Crippen molar-refractivity contribution in [2.45, 2.75) is 38.5 Å². The van der Waals surface area contributed by atoms with Gasteiger partial charge in [-0.1, -0.05) is 17.7 Å². The van der Waals surface area contributed by atoms with Crippen molar-refractivity contribution in [1.29, 1.82) is 0 Å². The van der Waals surface area contributed by atoms with Crippen molar-refractivity contribution in [3.63, 3.8) is 0 Å². The lowest BCUT2D eigenvalue weighted by Crippen LogP contribution is -2.41. The predicted octanol–water partition coefficient (Wildman–Crippen LogP) is 4.99. The van der Waals surface area contributed by atoms with Gasteiger partial charge >= 0.3 is 0 Å². The SMILES string of the molecule is COc1ccc2ncnc(N3CCCC(CNS(C)(=O)=O)C3)c2c1.CS(=O)(=O)NCC1CCCN(c2ncnc3cc(F)ccc23)C1.CS(=O)(=O)NCC1CCCN(c2ncnc3cccc(Cl)c23)C1. The van der Waals surface area contributed by atoms with E-state index in [-0.39, 0.29) is 23.6 Å². The fourth-order valence-electron chi connectivity index (χ4n) is 9.04. The van der Waals surface area contributed by atoms with Crippen molar-refractivity contribution in [2.24, 2.45) is 17.8 Å². The average Bonchev–Trinajstić information content (AvgIpc) is 3.34. The summed E-state index contributed by atoms with van der Waals surface area (Å²) >= 11 is 6.34. The molecule has 3 N–H and O–H groups in total. The molecule has 24 heteroatoms. The molecule has 19 nitrogen and oxygen atoms in total. The second-order valence-electron chi connectivity index (χ2n) is 18.0. The molecule has 0 amide bonds. The van der Waals surface area contributed by atoms with E-state index in [4.69, 9.17) is 16.3 Å². The van der Waals surface area contributed by atoms with E-state index in [2.05, 4.69) is 58.8 Å². The number of halogens is 2. The number of fused-ring (bicyclic) bond motifs is 3. The van der Waals surface area contributed by atoms with Crippen LogP contribution in [0.4, 0.5) is 21.8 Å². The number of sulfonamides is 3. The monoisotopic (exact) mass is 1040 g/mol. The number of anilines is 3. The number of piperidine rings is 3. The number of rotatable bonds is 13. The van der Waals surface area contributed by atoms with Gasteiger partial charge in [-0.05, 0) is 98.7 Å². The normalized spacial score (nSPS) is 19.1. The third kappa shape index (κ3) is 14.9. The highest BCUT2D eigenvalue weighted by Crippen LogP contribution is 2.33. The third-order valence-electron chi connectivity index (χ3n) is 12.3. The Bertz CT molecular complexity index is 3100. The molecule has 3 unspecified atom stereocenters. The molecule has 378 valence electrons. The zero-order valence-corrected chi connectivity index (χ0v) is 42.8. The van der Waals surface area contributed by atoms with Gasteiger partial charge in [0.1, 0.15) is 48.0 Å². The number of ether oxygens (including phenoxy) is 1. The van der Waals surface area contributed by atoms with Crippen LogP contribution in [-0.2, 0) is 30.1 Å². The summed E-state index contributed by atoms with van der Waals surface area (Å²) in [5.41, 5.74) is 2.27. The zero-order chi connectivity index (χ0) is 50.1. The van der Waals surface area contributed by atoms with E-state index in [1.807, 2.05) is 36.4 Å². The summed E-state index contributed by atoms with van der Waals surface area (Å²) in [5, 5.41) is 3.25. The van der Waals surface area contributed by atoms with Crippen LogP contribution < -0.4 is 33.6 Å². The average molecular weight is 1040 g/mol. The van der Waals surface area contributed by atoms with Crippen LogP contribution in [0.15, 0.2) is 73.6 Å². The lowest BCUT2D eigenvalue weighted by atomic mass is 9.98. The van der Waals surface area contributed by atoms with Crippen LogP contribution in [0.3, 0.4) is 0 Å². The third-order valence-corrected chi connectivity index (χ3v) is 14.7. The van der Waals surface area contributed by atoms with Crippen molar-refractivity contribution in [2.75, 3.05) is 99.5 Å². The standard InChI is InChI=1S/C16H22N4O3S.C15H19ClN4O2S.C15H19FN4O2S/c1-23-13-5-6-15-14(8-13)16(18-11-17-15)20-7-3-4-12(10-20)9-19-24(2,21)22;1-23(21,22)19-8-11-4-3-7-20(9-11)15-14-12(16)5-2-6-13(14)17-10-18-15;1-23(21,22)19-8-11-3-2-6-20(9-11)15-13-5-4-12(16)7-14(13)17-10-18-15/h5-6,8,11-12,19H,3-4,7,9-10H2,1-2H3;2,5-6,10-11,19H,3-4,7-9H2,1H3;4-5,7,10-11,19H,2-3,6,8-9H2,1H3. The molecule has 3 atom stereocenters. The van der Waals surface area contributed by atoms with Crippen molar-refractivity contribution < 1.29 is 34.4 Å². The molecule has 3 fully saturated rings. The number of hydrogen-bond acceptors (Lipinski definition) is 16. The number of methoxy groups -OCH3 is 1. The van der Waals surface area contributed by atoms with E-state index in [1.54, 1.807) is 25.8 Å². The smallest absolute Gasteiger partial charge is 0.208 e. The molecule has 0 aliphatic carbocycles. The highest BCUT2D eigenvalue weighted by Gasteiger charge is 2.26. The Morgan fingerprint density at radius 3 is 1.57 bits per heavy atom. The lowest BCUT2D eigenvalue weighted by Gasteiger charge is -2.34. The number of aromatic nitrogens is 6. The van der Waals surface area contributed by atoms with E-state index in [9.17, 15) is 29.6 Å². The molecule has 0 saturated carbocycles. The topological polar surface area (TPSA) is 235 Å². The molecule has 6 aromatic rings. The summed E-state index contributed by atoms with van der Waals surface area (Å²) < 4.78 is 94.1. The first-order chi connectivity index (χ1) is 33.3. The summed E-state index contributed by atoms with van der Waals surface area (Å²) in [6.45, 7) is 6.20. The maximum absolute atomic E-state index is 13.3. The molecule has 0 spiro atoms. The minimum absolute atomic E-state index is 0.226. The van der Waals surface area contributed by atoms with Crippen LogP contribution in [-0.4, -0.2) is 140 Å². The summed E-state index contributed by atoms with van der Waals surface area (Å²) in [5.74, 6) is 3.67. The van der Waals surface area contributed by atoms with Gasteiger partial charge in [0.15, 0.2) is 0 Å². The Hall–Kier alpha value is -5.17. The maximum Gasteiger partial charge on any atom is 0.208 e. The zero-order valence-electron chi connectivity index (χ0n) is 39.6. The van der Waals surface area contributed by atoms with Gasteiger partial charge in [-0.3, -0.25) is 0 Å². The molecule has 3 saturated heterocycles. The van der Waals surface area contributed by atoms with Crippen LogP contribution in [0.2, 0.25) is 5.02 Å². The number of nitrogens with zero attached hydrogens (tertiary/aromatic N) is 9. The largest absolute Gasteiger partial charge is 0.497 e. The van der Waals surface area contributed by atoms with Crippen LogP contribution in [0.5, 0.6) is 5.75 Å². The van der Waals surface area contributed by atoms with Gasteiger partial charge in [0.05, 0.1) is 52.8 Å². The van der Waals surface area contributed by atoms with Crippen molar-refractivity contribution in [3.05, 3.63) is 84.4 Å². The first kappa shape index (κ1) is 52.6. The Morgan fingerprint density at radius 1 is 0.586 bits per heavy atom. The molecule has 3 aliphatic rings. The Morgan fingerprint density at radius 2 is 1.06 bits per heavy atom. The van der Waals surface area contributed by atoms with Crippen LogP contribution >= 0.6 is 11.6 Å². The molecule has 3 aromatic carbocycles. The highest BCUT2D eigenvalue weighted by molar-refractivity contribution is 7.89. The quantitative estimate of drug-likeness (QED) is 0.138.